The second kappa shape index (κ2) is 7.57. The van der Waals surface area contributed by atoms with Crippen LogP contribution in [0.25, 0.3) is 0 Å². The molecule has 1 aliphatic heterocycles. The zero-order valence-electron chi connectivity index (χ0n) is 13.5. The Balaban J connectivity index is 2.17. The third kappa shape index (κ3) is 3.89. The third-order valence-corrected chi connectivity index (χ3v) is 4.10. The third-order valence-electron chi connectivity index (χ3n) is 4.10. The molecule has 1 aromatic carbocycles. The number of nitrogens with zero attached hydrogens (tertiary/aromatic N) is 1. The molecule has 1 aliphatic rings. The van der Waals surface area contributed by atoms with Gasteiger partial charge in [-0.15, -0.1) is 0 Å². The molecule has 0 aliphatic carbocycles. The van der Waals surface area contributed by atoms with Crippen molar-refractivity contribution in [2.45, 2.75) is 51.0 Å². The molecule has 2 amide bonds. The van der Waals surface area contributed by atoms with E-state index in [1.165, 1.54) is 4.90 Å². The van der Waals surface area contributed by atoms with Gasteiger partial charge in [0.15, 0.2) is 0 Å². The Bertz CT molecular complexity index is 549. The smallest absolute Gasteiger partial charge is 0.254 e. The Kier molecular flexibility index (Phi) is 5.74. The van der Waals surface area contributed by atoms with E-state index in [0.717, 1.165) is 12.8 Å². The zero-order valence-corrected chi connectivity index (χ0v) is 13.5. The van der Waals surface area contributed by atoms with E-state index in [0.29, 0.717) is 5.56 Å². The van der Waals surface area contributed by atoms with Gasteiger partial charge in [0.05, 0.1) is 6.54 Å². The Labute approximate surface area is 136 Å². The summed E-state index contributed by atoms with van der Waals surface area (Å²) >= 11 is 0. The van der Waals surface area contributed by atoms with E-state index >= 15 is 0 Å². The number of aliphatic hydroxyl groups excluding tert-OH is 2. The first-order chi connectivity index (χ1) is 11.0. The van der Waals surface area contributed by atoms with E-state index in [2.05, 4.69) is 5.32 Å². The van der Waals surface area contributed by atoms with Gasteiger partial charge in [0.2, 0.25) is 5.91 Å². The molecule has 0 spiro atoms. The number of aliphatic hydroxyl groups is 2. The molecule has 0 saturated carbocycles. The summed E-state index contributed by atoms with van der Waals surface area (Å²) in [5.41, 5.74) is 0.424. The summed E-state index contributed by atoms with van der Waals surface area (Å²) in [7, 11) is 0. The first kappa shape index (κ1) is 17.4. The monoisotopic (exact) mass is 320 g/mol. The molecule has 1 unspecified atom stereocenters. The van der Waals surface area contributed by atoms with Gasteiger partial charge in [0.1, 0.15) is 18.2 Å². The van der Waals surface area contributed by atoms with E-state index < -0.39 is 24.2 Å². The largest absolute Gasteiger partial charge is 0.388 e. The molecule has 1 saturated heterocycles. The van der Waals surface area contributed by atoms with Gasteiger partial charge in [0.25, 0.3) is 5.91 Å². The molecule has 23 heavy (non-hydrogen) atoms. The van der Waals surface area contributed by atoms with Gasteiger partial charge in [-0.05, 0) is 25.5 Å². The van der Waals surface area contributed by atoms with Crippen LogP contribution >= 0.6 is 0 Å². The Morgan fingerprint density at radius 1 is 1.30 bits per heavy atom. The lowest BCUT2D eigenvalue weighted by Crippen LogP contribution is -2.52. The lowest BCUT2D eigenvalue weighted by Gasteiger charge is -2.26. The minimum absolute atomic E-state index is 0.0499. The molecule has 1 fully saturated rings. The second-order valence-electron chi connectivity index (χ2n) is 6.02. The number of rotatable bonds is 5. The highest BCUT2D eigenvalue weighted by molar-refractivity contribution is 5.98. The first-order valence-electron chi connectivity index (χ1n) is 7.98. The van der Waals surface area contributed by atoms with Crippen LogP contribution in [0.15, 0.2) is 30.3 Å². The van der Waals surface area contributed by atoms with Crippen LogP contribution in [0, 0.1) is 0 Å². The highest BCUT2D eigenvalue weighted by atomic mass is 16.3. The number of likely N-dealkylation sites (tertiary alicyclic amines) is 1. The summed E-state index contributed by atoms with van der Waals surface area (Å²) in [5, 5.41) is 22.8. The summed E-state index contributed by atoms with van der Waals surface area (Å²) in [6.45, 7) is 3.83. The van der Waals surface area contributed by atoms with Crippen molar-refractivity contribution in [3.63, 3.8) is 0 Å². The topological polar surface area (TPSA) is 89.9 Å². The average molecular weight is 320 g/mol. The summed E-state index contributed by atoms with van der Waals surface area (Å²) in [6, 6.07) is 7.43. The minimum Gasteiger partial charge on any atom is -0.388 e. The van der Waals surface area contributed by atoms with E-state index in [4.69, 9.17) is 0 Å². The van der Waals surface area contributed by atoms with Gasteiger partial charge >= 0.3 is 0 Å². The van der Waals surface area contributed by atoms with Gasteiger partial charge in [-0.3, -0.25) is 9.59 Å². The Hall–Kier alpha value is -1.92. The average Bonchev–Trinajstić information content (AvgIpc) is 2.83. The fraction of sp³-hybridized carbons (Fsp3) is 0.529. The van der Waals surface area contributed by atoms with Crippen molar-refractivity contribution in [1.29, 1.82) is 0 Å². The number of benzene rings is 1. The van der Waals surface area contributed by atoms with Crippen molar-refractivity contribution in [2.75, 3.05) is 6.54 Å². The van der Waals surface area contributed by atoms with Crippen LogP contribution in [0.1, 0.15) is 37.0 Å². The van der Waals surface area contributed by atoms with Crippen LogP contribution in [0.5, 0.6) is 0 Å². The van der Waals surface area contributed by atoms with Gasteiger partial charge in [-0.2, -0.15) is 0 Å². The minimum atomic E-state index is -1.28. The van der Waals surface area contributed by atoms with Crippen molar-refractivity contribution >= 4 is 11.8 Å². The molecule has 2 rings (SSSR count). The molecular formula is C17H24N2O4. The lowest BCUT2D eigenvalue weighted by molar-refractivity contribution is -0.128. The summed E-state index contributed by atoms with van der Waals surface area (Å²) in [4.78, 5) is 26.3. The molecular weight excluding hydrogens is 296 g/mol. The lowest BCUT2D eigenvalue weighted by atomic mass is 10.1. The second-order valence-corrected chi connectivity index (χ2v) is 6.02. The first-order valence-corrected chi connectivity index (χ1v) is 7.98. The molecule has 126 valence electrons. The number of amides is 2. The van der Waals surface area contributed by atoms with Crippen LogP contribution in [0.3, 0.4) is 0 Å². The molecule has 0 bridgehead atoms. The summed E-state index contributed by atoms with van der Waals surface area (Å²) in [6.07, 6.45) is -0.676. The summed E-state index contributed by atoms with van der Waals surface area (Å²) < 4.78 is 0. The molecule has 6 heteroatoms. The van der Waals surface area contributed by atoms with Gasteiger partial charge in [-0.25, -0.2) is 0 Å². The number of hydrogen-bond donors (Lipinski definition) is 3. The van der Waals surface area contributed by atoms with Gasteiger partial charge < -0.3 is 20.4 Å². The van der Waals surface area contributed by atoms with E-state index in [-0.39, 0.29) is 18.5 Å². The van der Waals surface area contributed by atoms with E-state index in [1.54, 1.807) is 30.3 Å². The summed E-state index contributed by atoms with van der Waals surface area (Å²) in [5.74, 6) is -0.802. The van der Waals surface area contributed by atoms with Crippen LogP contribution < -0.4 is 5.32 Å². The van der Waals surface area contributed by atoms with Crippen molar-refractivity contribution < 1.29 is 19.8 Å². The van der Waals surface area contributed by atoms with Crippen LogP contribution in [-0.2, 0) is 4.79 Å². The Morgan fingerprint density at radius 3 is 2.57 bits per heavy atom. The molecule has 0 radical (unpaired) electrons. The fourth-order valence-corrected chi connectivity index (χ4v) is 2.90. The maximum absolute atomic E-state index is 12.6. The molecule has 1 aromatic rings. The highest BCUT2D eigenvalue weighted by Crippen LogP contribution is 2.22. The quantitative estimate of drug-likeness (QED) is 0.738. The van der Waals surface area contributed by atoms with E-state index in [9.17, 15) is 19.8 Å². The van der Waals surface area contributed by atoms with Crippen LogP contribution in [-0.4, -0.2) is 57.8 Å². The number of carbonyl (C=O) groups excluding carboxylic acids is 2. The highest BCUT2D eigenvalue weighted by Gasteiger charge is 2.46. The zero-order chi connectivity index (χ0) is 17.0. The molecule has 4 atom stereocenters. The molecule has 0 aromatic heterocycles. The molecule has 1 heterocycles. The maximum Gasteiger partial charge on any atom is 0.254 e. The predicted octanol–water partition coefficient (Wildman–Crippen LogP) is 0.538. The van der Waals surface area contributed by atoms with Crippen molar-refractivity contribution in [1.82, 2.24) is 10.2 Å². The standard InChI is InChI=1S/C17H24N2O4/c1-3-7-11(2)18-16(22)14-15(21)13(20)10-19(14)17(23)12-8-5-4-6-9-12/h4-6,8-9,11,13-15,20-21H,3,7,10H2,1-2H3,(H,18,22)/t11?,13-,14-,15-/m0/s1. The maximum atomic E-state index is 12.6. The van der Waals surface area contributed by atoms with Crippen molar-refractivity contribution in [2.24, 2.45) is 0 Å². The van der Waals surface area contributed by atoms with Crippen molar-refractivity contribution in [3.05, 3.63) is 35.9 Å². The van der Waals surface area contributed by atoms with Crippen LogP contribution in [0.2, 0.25) is 0 Å². The normalized spacial score (nSPS) is 25.2. The van der Waals surface area contributed by atoms with Gasteiger partial charge in [-0.1, -0.05) is 31.5 Å². The van der Waals surface area contributed by atoms with Crippen LogP contribution in [0.4, 0.5) is 0 Å². The molecule has 6 nitrogen and oxygen atoms in total. The number of β-amino-alcohol motifs (C(OH)–C–C–N with tert-alkyl or cyclic N) is 1. The van der Waals surface area contributed by atoms with Gasteiger partial charge in [0, 0.05) is 11.6 Å². The van der Waals surface area contributed by atoms with E-state index in [1.807, 2.05) is 13.8 Å². The van der Waals surface area contributed by atoms with Crippen molar-refractivity contribution in [3.8, 4) is 0 Å². The predicted molar refractivity (Wildman–Crippen MR) is 85.8 cm³/mol. The Morgan fingerprint density at radius 2 is 1.96 bits per heavy atom. The number of carbonyl (C=O) groups is 2. The number of nitrogens with one attached hydrogen (secondary N) is 1. The number of hydrogen-bond acceptors (Lipinski definition) is 4. The SMILES string of the molecule is CCCC(C)NC(=O)[C@@H]1[C@@H](O)[C@@H](O)CN1C(=O)c1ccccc1. The fourth-order valence-electron chi connectivity index (χ4n) is 2.90. The molecule has 3 N–H and O–H groups in total.